The standard InChI is InChI=1S/C21H16N3/c1-4-10-17(11-5-1)21(20-22-16-23-24-20,18-12-6-2-7-13-18)19-14-8-3-9-15-19/h1-15H,(H,22,23,24). The summed E-state index contributed by atoms with van der Waals surface area (Å²) in [5, 5.41) is 7.06. The minimum absolute atomic E-state index is 0.559. The second-order valence-corrected chi connectivity index (χ2v) is 5.63. The van der Waals surface area contributed by atoms with Crippen LogP contribution in [-0.2, 0) is 5.41 Å². The minimum Gasteiger partial charge on any atom is -0.261 e. The van der Waals surface area contributed by atoms with Gasteiger partial charge in [0.1, 0.15) is 11.2 Å². The number of nitrogens with zero attached hydrogens (tertiary/aromatic N) is 2. The normalized spacial score (nSPS) is 11.3. The highest BCUT2D eigenvalue weighted by Crippen LogP contribution is 2.42. The molecule has 0 unspecified atom stereocenters. The van der Waals surface area contributed by atoms with Crippen LogP contribution in [0.4, 0.5) is 0 Å². The van der Waals surface area contributed by atoms with E-state index in [1.165, 1.54) is 0 Å². The third-order valence-electron chi connectivity index (χ3n) is 4.35. The topological polar surface area (TPSA) is 41.6 Å². The zero-order valence-electron chi connectivity index (χ0n) is 13.1. The zero-order valence-corrected chi connectivity index (χ0v) is 13.1. The SMILES string of the molecule is [c]1n[nH]c(C(c2ccccc2)(c2ccccc2)c2ccccc2)n1. The number of hydrogen-bond acceptors (Lipinski definition) is 2. The number of H-pyrrole nitrogens is 1. The lowest BCUT2D eigenvalue weighted by molar-refractivity contribution is 0.684. The Labute approximate surface area is 141 Å². The van der Waals surface area contributed by atoms with Crippen molar-refractivity contribution in [1.82, 2.24) is 15.2 Å². The van der Waals surface area contributed by atoms with Gasteiger partial charge in [-0.25, -0.2) is 4.98 Å². The van der Waals surface area contributed by atoms with Crippen LogP contribution < -0.4 is 0 Å². The molecule has 1 N–H and O–H groups in total. The first-order valence-corrected chi connectivity index (χ1v) is 7.88. The molecule has 4 rings (SSSR count). The number of nitrogens with one attached hydrogen (secondary N) is 1. The lowest BCUT2D eigenvalue weighted by atomic mass is 9.69. The number of benzene rings is 3. The summed E-state index contributed by atoms with van der Waals surface area (Å²) < 4.78 is 0. The number of rotatable bonds is 4. The molecule has 3 heteroatoms. The number of aromatic amines is 1. The van der Waals surface area contributed by atoms with Gasteiger partial charge in [-0.3, -0.25) is 5.10 Å². The van der Waals surface area contributed by atoms with Crippen molar-refractivity contribution in [2.75, 3.05) is 0 Å². The van der Waals surface area contributed by atoms with Gasteiger partial charge in [0, 0.05) is 0 Å². The van der Waals surface area contributed by atoms with Gasteiger partial charge < -0.3 is 0 Å². The van der Waals surface area contributed by atoms with E-state index < -0.39 is 5.41 Å². The molecule has 0 aliphatic heterocycles. The van der Waals surface area contributed by atoms with Crippen LogP contribution in [0, 0.1) is 6.33 Å². The molecule has 3 nitrogen and oxygen atoms in total. The van der Waals surface area contributed by atoms with Gasteiger partial charge in [-0.2, -0.15) is 0 Å². The molecule has 3 aromatic carbocycles. The Balaban J connectivity index is 2.12. The van der Waals surface area contributed by atoms with Gasteiger partial charge in [-0.05, 0) is 16.7 Å². The van der Waals surface area contributed by atoms with E-state index in [9.17, 15) is 0 Å². The maximum Gasteiger partial charge on any atom is 0.220 e. The molecule has 0 atom stereocenters. The summed E-state index contributed by atoms with van der Waals surface area (Å²) in [7, 11) is 0. The Bertz CT molecular complexity index is 789. The van der Waals surface area contributed by atoms with Crippen LogP contribution in [0.15, 0.2) is 91.0 Å². The van der Waals surface area contributed by atoms with Gasteiger partial charge >= 0.3 is 0 Å². The summed E-state index contributed by atoms with van der Waals surface area (Å²) in [6.07, 6.45) is 2.69. The van der Waals surface area contributed by atoms with Crippen molar-refractivity contribution in [3.8, 4) is 0 Å². The van der Waals surface area contributed by atoms with Crippen molar-refractivity contribution in [2.45, 2.75) is 5.41 Å². The molecule has 24 heavy (non-hydrogen) atoms. The third-order valence-corrected chi connectivity index (χ3v) is 4.35. The fourth-order valence-corrected chi connectivity index (χ4v) is 3.32. The Morgan fingerprint density at radius 1 is 0.625 bits per heavy atom. The third kappa shape index (κ3) is 2.22. The molecule has 1 heterocycles. The van der Waals surface area contributed by atoms with Crippen LogP contribution in [0.5, 0.6) is 0 Å². The maximum atomic E-state index is 4.43. The lowest BCUT2D eigenvalue weighted by Crippen LogP contribution is -2.32. The van der Waals surface area contributed by atoms with Gasteiger partial charge in [0.05, 0.1) is 0 Å². The Hall–Kier alpha value is -3.20. The van der Waals surface area contributed by atoms with Crippen LogP contribution >= 0.6 is 0 Å². The molecule has 1 aromatic heterocycles. The van der Waals surface area contributed by atoms with Crippen molar-refractivity contribution >= 4 is 0 Å². The molecule has 0 saturated carbocycles. The fourth-order valence-electron chi connectivity index (χ4n) is 3.32. The summed E-state index contributed by atoms with van der Waals surface area (Å²) in [6, 6.07) is 31.1. The summed E-state index contributed by atoms with van der Waals surface area (Å²) in [4.78, 5) is 4.43. The van der Waals surface area contributed by atoms with Crippen LogP contribution in [0.3, 0.4) is 0 Å². The predicted molar refractivity (Wildman–Crippen MR) is 93.5 cm³/mol. The molecule has 115 valence electrons. The molecule has 0 fully saturated rings. The molecule has 0 spiro atoms. The van der Waals surface area contributed by atoms with E-state index in [4.69, 9.17) is 0 Å². The average molecular weight is 310 g/mol. The number of aromatic nitrogens is 3. The molecule has 0 bridgehead atoms. The van der Waals surface area contributed by atoms with Gasteiger partial charge in [-0.15, -0.1) is 5.10 Å². The van der Waals surface area contributed by atoms with E-state index in [1.807, 2.05) is 18.2 Å². The Morgan fingerprint density at radius 2 is 1.04 bits per heavy atom. The van der Waals surface area contributed by atoms with Crippen LogP contribution in [-0.4, -0.2) is 15.2 Å². The first kappa shape index (κ1) is 14.4. The fraction of sp³-hybridized carbons (Fsp3) is 0.0476. The van der Waals surface area contributed by atoms with Crippen molar-refractivity contribution in [3.63, 3.8) is 0 Å². The van der Waals surface area contributed by atoms with Gasteiger partial charge in [0.2, 0.25) is 6.33 Å². The highest BCUT2D eigenvalue weighted by atomic mass is 15.2. The summed E-state index contributed by atoms with van der Waals surface area (Å²) in [5.74, 6) is 0.756. The smallest absolute Gasteiger partial charge is 0.220 e. The van der Waals surface area contributed by atoms with Crippen LogP contribution in [0.25, 0.3) is 0 Å². The molecule has 0 saturated heterocycles. The average Bonchev–Trinajstić information content (AvgIpc) is 3.20. The second kappa shape index (κ2) is 6.13. The minimum atomic E-state index is -0.559. The molecular weight excluding hydrogens is 294 g/mol. The van der Waals surface area contributed by atoms with Crippen LogP contribution in [0.1, 0.15) is 22.5 Å². The highest BCUT2D eigenvalue weighted by molar-refractivity contribution is 5.56. The van der Waals surface area contributed by atoms with Crippen molar-refractivity contribution in [2.24, 2.45) is 0 Å². The molecular formula is C21H16N3. The van der Waals surface area contributed by atoms with Crippen molar-refractivity contribution in [3.05, 3.63) is 120 Å². The van der Waals surface area contributed by atoms with E-state index >= 15 is 0 Å². The molecule has 4 aromatic rings. The summed E-state index contributed by atoms with van der Waals surface area (Å²) in [5.41, 5.74) is 2.84. The van der Waals surface area contributed by atoms with Gasteiger partial charge in [0.25, 0.3) is 0 Å². The van der Waals surface area contributed by atoms with Crippen molar-refractivity contribution < 1.29 is 0 Å². The van der Waals surface area contributed by atoms with Gasteiger partial charge in [0.15, 0.2) is 0 Å². The van der Waals surface area contributed by atoms with E-state index in [0.717, 1.165) is 22.5 Å². The molecule has 0 amide bonds. The lowest BCUT2D eigenvalue weighted by Gasteiger charge is -2.33. The zero-order chi connectivity index (χ0) is 16.2. The first-order valence-electron chi connectivity index (χ1n) is 7.88. The quantitative estimate of drug-likeness (QED) is 0.579. The molecule has 0 aliphatic carbocycles. The van der Waals surface area contributed by atoms with Gasteiger partial charge in [-0.1, -0.05) is 91.0 Å². The Kier molecular flexibility index (Phi) is 3.67. The first-order chi connectivity index (χ1) is 11.9. The summed E-state index contributed by atoms with van der Waals surface area (Å²) in [6.45, 7) is 0. The van der Waals surface area contributed by atoms with Crippen LogP contribution in [0.2, 0.25) is 0 Å². The summed E-state index contributed by atoms with van der Waals surface area (Å²) >= 11 is 0. The van der Waals surface area contributed by atoms with E-state index in [-0.39, 0.29) is 0 Å². The highest BCUT2D eigenvalue weighted by Gasteiger charge is 2.40. The maximum absolute atomic E-state index is 4.43. The largest absolute Gasteiger partial charge is 0.261 e. The number of hydrogen-bond donors (Lipinski definition) is 1. The van der Waals surface area contributed by atoms with E-state index in [0.29, 0.717) is 0 Å². The second-order valence-electron chi connectivity index (χ2n) is 5.63. The molecule has 1 radical (unpaired) electrons. The van der Waals surface area contributed by atoms with E-state index in [1.54, 1.807) is 0 Å². The van der Waals surface area contributed by atoms with E-state index in [2.05, 4.69) is 94.3 Å². The predicted octanol–water partition coefficient (Wildman–Crippen LogP) is 3.99. The molecule has 0 aliphatic rings. The van der Waals surface area contributed by atoms with Crippen molar-refractivity contribution in [1.29, 1.82) is 0 Å². The monoisotopic (exact) mass is 310 g/mol. The Morgan fingerprint density at radius 3 is 1.38 bits per heavy atom.